The summed E-state index contributed by atoms with van der Waals surface area (Å²) in [6.07, 6.45) is 9.21. The van der Waals surface area contributed by atoms with Gasteiger partial charge in [0.2, 0.25) is 0 Å². The van der Waals surface area contributed by atoms with E-state index >= 15 is 0 Å². The van der Waals surface area contributed by atoms with Crippen LogP contribution in [0.2, 0.25) is 0 Å². The van der Waals surface area contributed by atoms with E-state index in [-0.39, 0.29) is 10.2 Å². The number of hydroxylamine groups is 3. The molecular formula is C12H22NO+. The van der Waals surface area contributed by atoms with Gasteiger partial charge in [-0.3, -0.25) is 0 Å². The molecule has 2 saturated carbocycles. The highest BCUT2D eigenvalue weighted by molar-refractivity contribution is 4.99. The molecule has 2 nitrogen and oxygen atoms in total. The van der Waals surface area contributed by atoms with Crippen molar-refractivity contribution in [3.05, 3.63) is 12.7 Å². The predicted octanol–water partition coefficient (Wildman–Crippen LogP) is 2.73. The molecule has 14 heavy (non-hydrogen) atoms. The van der Waals surface area contributed by atoms with E-state index < -0.39 is 0 Å². The molecule has 80 valence electrons. The van der Waals surface area contributed by atoms with Crippen LogP contribution in [0, 0.1) is 5.92 Å². The Kier molecular flexibility index (Phi) is 2.44. The molecule has 2 aliphatic carbocycles. The van der Waals surface area contributed by atoms with Gasteiger partial charge >= 0.3 is 0 Å². The maximum absolute atomic E-state index is 10.4. The fraction of sp³-hybridized carbons (Fsp3) is 0.833. The van der Waals surface area contributed by atoms with Gasteiger partial charge in [-0.05, 0) is 18.8 Å². The van der Waals surface area contributed by atoms with Gasteiger partial charge in [-0.25, -0.2) is 5.21 Å². The van der Waals surface area contributed by atoms with Crippen molar-refractivity contribution in [2.24, 2.45) is 5.92 Å². The minimum Gasteiger partial charge on any atom is -0.217 e. The van der Waals surface area contributed by atoms with E-state index in [1.807, 2.05) is 13.1 Å². The van der Waals surface area contributed by atoms with Gasteiger partial charge in [0.15, 0.2) is 0 Å². The van der Waals surface area contributed by atoms with Crippen LogP contribution in [0.3, 0.4) is 0 Å². The van der Waals surface area contributed by atoms with E-state index in [1.54, 1.807) is 0 Å². The lowest BCUT2D eigenvalue weighted by molar-refractivity contribution is -1.11. The van der Waals surface area contributed by atoms with Crippen LogP contribution in [-0.2, 0) is 0 Å². The highest BCUT2D eigenvalue weighted by Crippen LogP contribution is 2.48. The molecule has 2 rings (SSSR count). The first-order chi connectivity index (χ1) is 6.60. The van der Waals surface area contributed by atoms with Gasteiger partial charge in [0, 0.05) is 25.7 Å². The van der Waals surface area contributed by atoms with Gasteiger partial charge in [0.1, 0.15) is 12.1 Å². The summed E-state index contributed by atoms with van der Waals surface area (Å²) in [4.78, 5) is 0. The Morgan fingerprint density at radius 3 is 2.57 bits per heavy atom. The molecule has 1 atom stereocenters. The van der Waals surface area contributed by atoms with Gasteiger partial charge in [-0.1, -0.05) is 6.08 Å². The molecule has 1 unspecified atom stereocenters. The normalized spacial score (nSPS) is 28.1. The van der Waals surface area contributed by atoms with Crippen molar-refractivity contribution in [1.82, 2.24) is 0 Å². The SMILES string of the molecule is C=CCC1([N+](C)(O)CCC2CC2)CC1. The molecular weight excluding hydrogens is 174 g/mol. The van der Waals surface area contributed by atoms with Crippen LogP contribution in [-0.4, -0.2) is 29.0 Å². The van der Waals surface area contributed by atoms with Crippen LogP contribution >= 0.6 is 0 Å². The lowest BCUT2D eigenvalue weighted by Crippen LogP contribution is -2.52. The number of hydrogen-bond donors (Lipinski definition) is 1. The van der Waals surface area contributed by atoms with Crippen LogP contribution in [0.4, 0.5) is 0 Å². The Morgan fingerprint density at radius 1 is 1.50 bits per heavy atom. The van der Waals surface area contributed by atoms with Crippen molar-refractivity contribution in [2.45, 2.75) is 44.1 Å². The highest BCUT2D eigenvalue weighted by atomic mass is 16.5. The monoisotopic (exact) mass is 196 g/mol. The molecule has 0 spiro atoms. The minimum absolute atomic E-state index is 0.136. The Bertz CT molecular complexity index is 226. The molecule has 0 aromatic carbocycles. The zero-order chi connectivity index (χ0) is 10.2. The second-order valence-corrected chi connectivity index (χ2v) is 5.31. The Hall–Kier alpha value is -0.340. The molecule has 0 aliphatic heterocycles. The van der Waals surface area contributed by atoms with Crippen LogP contribution in [0.5, 0.6) is 0 Å². The summed E-state index contributed by atoms with van der Waals surface area (Å²) in [7, 11) is 1.97. The van der Waals surface area contributed by atoms with Crippen LogP contribution in [0.25, 0.3) is 0 Å². The first-order valence-electron chi connectivity index (χ1n) is 5.79. The summed E-state index contributed by atoms with van der Waals surface area (Å²) in [5.74, 6) is 0.916. The number of nitrogens with zero attached hydrogens (tertiary/aromatic N) is 1. The van der Waals surface area contributed by atoms with Gasteiger partial charge in [-0.15, -0.1) is 6.58 Å². The molecule has 0 aromatic rings. The quantitative estimate of drug-likeness (QED) is 0.393. The van der Waals surface area contributed by atoms with E-state index in [0.29, 0.717) is 0 Å². The molecule has 0 saturated heterocycles. The summed E-state index contributed by atoms with van der Waals surface area (Å²) in [6.45, 7) is 4.71. The fourth-order valence-corrected chi connectivity index (χ4v) is 2.37. The second kappa shape index (κ2) is 3.35. The van der Waals surface area contributed by atoms with Crippen LogP contribution in [0.15, 0.2) is 12.7 Å². The maximum Gasteiger partial charge on any atom is 0.132 e. The summed E-state index contributed by atoms with van der Waals surface area (Å²) in [6, 6.07) is 0. The average molecular weight is 196 g/mol. The molecule has 0 aromatic heterocycles. The third-order valence-electron chi connectivity index (χ3n) is 4.04. The van der Waals surface area contributed by atoms with Crippen molar-refractivity contribution in [3.63, 3.8) is 0 Å². The molecule has 2 aliphatic rings. The molecule has 1 N–H and O–H groups in total. The summed E-state index contributed by atoms with van der Waals surface area (Å²) in [5, 5.41) is 10.4. The third kappa shape index (κ3) is 1.86. The van der Waals surface area contributed by atoms with E-state index in [9.17, 15) is 5.21 Å². The molecule has 0 heterocycles. The average Bonchev–Trinajstić information content (AvgIpc) is 2.98. The van der Waals surface area contributed by atoms with Crippen LogP contribution in [0.1, 0.15) is 38.5 Å². The Balaban J connectivity index is 1.88. The van der Waals surface area contributed by atoms with Crippen molar-refractivity contribution in [3.8, 4) is 0 Å². The van der Waals surface area contributed by atoms with Gasteiger partial charge in [-0.2, -0.15) is 4.65 Å². The lowest BCUT2D eigenvalue weighted by atomic mass is 10.1. The topological polar surface area (TPSA) is 20.2 Å². The van der Waals surface area contributed by atoms with Crippen molar-refractivity contribution in [1.29, 1.82) is 0 Å². The Morgan fingerprint density at radius 2 is 2.14 bits per heavy atom. The summed E-state index contributed by atoms with van der Waals surface area (Å²) >= 11 is 0. The van der Waals surface area contributed by atoms with Crippen molar-refractivity contribution >= 4 is 0 Å². The van der Waals surface area contributed by atoms with E-state index in [4.69, 9.17) is 0 Å². The standard InChI is InChI=1S/C12H22NO/c1-3-7-12(8-9-12)13(2,14)10-6-11-4-5-11/h3,11,14H,1,4-10H2,2H3/q+1. The van der Waals surface area contributed by atoms with Crippen molar-refractivity contribution < 1.29 is 9.85 Å². The molecule has 2 fully saturated rings. The maximum atomic E-state index is 10.4. The minimum atomic E-state index is 0.136. The largest absolute Gasteiger partial charge is 0.217 e. The molecule has 0 bridgehead atoms. The summed E-state index contributed by atoms with van der Waals surface area (Å²) < 4.78 is 0.232. The third-order valence-corrected chi connectivity index (χ3v) is 4.04. The zero-order valence-corrected chi connectivity index (χ0v) is 9.21. The molecule has 0 amide bonds. The van der Waals surface area contributed by atoms with Gasteiger partial charge in [0.25, 0.3) is 0 Å². The second-order valence-electron chi connectivity index (χ2n) is 5.31. The Labute approximate surface area is 86.8 Å². The van der Waals surface area contributed by atoms with E-state index in [2.05, 4.69) is 6.58 Å². The number of quaternary nitrogens is 1. The van der Waals surface area contributed by atoms with Crippen molar-refractivity contribution in [2.75, 3.05) is 13.6 Å². The van der Waals surface area contributed by atoms with Crippen LogP contribution < -0.4 is 0 Å². The smallest absolute Gasteiger partial charge is 0.132 e. The highest BCUT2D eigenvalue weighted by Gasteiger charge is 2.57. The first-order valence-corrected chi connectivity index (χ1v) is 5.79. The van der Waals surface area contributed by atoms with E-state index in [1.165, 1.54) is 19.3 Å². The van der Waals surface area contributed by atoms with Gasteiger partial charge in [0.05, 0.1) is 7.05 Å². The van der Waals surface area contributed by atoms with Gasteiger partial charge < -0.3 is 0 Å². The predicted molar refractivity (Wildman–Crippen MR) is 57.0 cm³/mol. The molecule has 0 radical (unpaired) electrons. The lowest BCUT2D eigenvalue weighted by Gasteiger charge is -2.34. The number of rotatable bonds is 6. The fourth-order valence-electron chi connectivity index (χ4n) is 2.37. The number of hydrogen-bond acceptors (Lipinski definition) is 1. The first kappa shape index (κ1) is 10.2. The molecule has 2 heteroatoms. The summed E-state index contributed by atoms with van der Waals surface area (Å²) in [5.41, 5.74) is 0.136. The zero-order valence-electron chi connectivity index (χ0n) is 9.21. The van der Waals surface area contributed by atoms with E-state index in [0.717, 1.165) is 31.7 Å².